The number of nitrogens with zero attached hydrogens (tertiary/aromatic N) is 3. The Morgan fingerprint density at radius 1 is 1.25 bits per heavy atom. The Bertz CT molecular complexity index is 1000. The first-order valence-electron chi connectivity index (χ1n) is 9.40. The maximum absolute atomic E-state index is 12.6. The van der Waals surface area contributed by atoms with Gasteiger partial charge in [-0.25, -0.2) is 4.98 Å². The molecule has 0 bridgehead atoms. The Balaban J connectivity index is 1.44. The molecule has 28 heavy (non-hydrogen) atoms. The fraction of sp³-hybridized carbons (Fsp3) is 0.350. The summed E-state index contributed by atoms with van der Waals surface area (Å²) in [4.78, 5) is 17.4. The SMILES string of the molecule is Cc1ccc(O)c(C)c1NC(=O)c1cnc(Nc2ccn(C3CCCC3)n2)s1. The van der Waals surface area contributed by atoms with Crippen molar-refractivity contribution in [2.45, 2.75) is 45.6 Å². The maximum atomic E-state index is 12.6. The summed E-state index contributed by atoms with van der Waals surface area (Å²) >= 11 is 1.27. The number of hydrogen-bond donors (Lipinski definition) is 3. The first-order valence-corrected chi connectivity index (χ1v) is 10.2. The third kappa shape index (κ3) is 3.73. The van der Waals surface area contributed by atoms with E-state index in [4.69, 9.17) is 0 Å². The van der Waals surface area contributed by atoms with Crippen LogP contribution in [0.5, 0.6) is 5.75 Å². The van der Waals surface area contributed by atoms with Gasteiger partial charge in [0.1, 0.15) is 10.6 Å². The fourth-order valence-corrected chi connectivity index (χ4v) is 4.25. The van der Waals surface area contributed by atoms with Gasteiger partial charge >= 0.3 is 0 Å². The maximum Gasteiger partial charge on any atom is 0.267 e. The van der Waals surface area contributed by atoms with E-state index in [1.807, 2.05) is 23.9 Å². The van der Waals surface area contributed by atoms with Crippen LogP contribution in [0.3, 0.4) is 0 Å². The van der Waals surface area contributed by atoms with Crippen LogP contribution in [0.4, 0.5) is 16.6 Å². The summed E-state index contributed by atoms with van der Waals surface area (Å²) in [6.07, 6.45) is 8.41. The van der Waals surface area contributed by atoms with Gasteiger partial charge in [0.05, 0.1) is 17.9 Å². The van der Waals surface area contributed by atoms with Gasteiger partial charge in [0.2, 0.25) is 0 Å². The zero-order valence-electron chi connectivity index (χ0n) is 15.9. The van der Waals surface area contributed by atoms with E-state index in [9.17, 15) is 9.90 Å². The molecule has 8 heteroatoms. The molecule has 146 valence electrons. The molecule has 3 aromatic rings. The second kappa shape index (κ2) is 7.63. The van der Waals surface area contributed by atoms with Crippen molar-refractivity contribution in [3.05, 3.63) is 46.6 Å². The van der Waals surface area contributed by atoms with Gasteiger partial charge in [0, 0.05) is 17.8 Å². The predicted octanol–water partition coefficient (Wildman–Crippen LogP) is 4.77. The Kier molecular flexibility index (Phi) is 5.04. The largest absolute Gasteiger partial charge is 0.508 e. The quantitative estimate of drug-likeness (QED) is 0.577. The number of anilines is 3. The second-order valence-corrected chi connectivity index (χ2v) is 8.16. The first-order chi connectivity index (χ1) is 13.5. The molecule has 2 heterocycles. The molecule has 1 amide bonds. The van der Waals surface area contributed by atoms with E-state index in [0.29, 0.717) is 27.3 Å². The third-order valence-electron chi connectivity index (χ3n) is 5.15. The van der Waals surface area contributed by atoms with Gasteiger partial charge in [-0.3, -0.25) is 9.48 Å². The van der Waals surface area contributed by atoms with Crippen LogP contribution in [-0.2, 0) is 0 Å². The van der Waals surface area contributed by atoms with Crippen molar-refractivity contribution in [1.82, 2.24) is 14.8 Å². The lowest BCUT2D eigenvalue weighted by Crippen LogP contribution is -2.12. The smallest absolute Gasteiger partial charge is 0.267 e. The van der Waals surface area contributed by atoms with Crippen molar-refractivity contribution in [3.8, 4) is 5.75 Å². The predicted molar refractivity (Wildman–Crippen MR) is 111 cm³/mol. The number of aryl methyl sites for hydroxylation is 1. The van der Waals surface area contributed by atoms with Crippen LogP contribution in [0.25, 0.3) is 0 Å². The standard InChI is InChI=1S/C20H23N5O2S/c1-12-7-8-15(26)13(2)18(12)23-19(27)16-11-21-20(28-16)22-17-9-10-25(24-17)14-5-3-4-6-14/h7-11,14,26H,3-6H2,1-2H3,(H,23,27)(H,21,22,24). The molecule has 1 aliphatic carbocycles. The number of phenols is 1. The highest BCUT2D eigenvalue weighted by Crippen LogP contribution is 2.31. The van der Waals surface area contributed by atoms with Crippen LogP contribution in [0, 0.1) is 13.8 Å². The summed E-state index contributed by atoms with van der Waals surface area (Å²) in [5.74, 6) is 0.636. The number of rotatable bonds is 5. The zero-order valence-corrected chi connectivity index (χ0v) is 16.7. The van der Waals surface area contributed by atoms with Crippen molar-refractivity contribution < 1.29 is 9.90 Å². The number of nitrogens with one attached hydrogen (secondary N) is 2. The number of amides is 1. The highest BCUT2D eigenvalue weighted by Gasteiger charge is 2.18. The van der Waals surface area contributed by atoms with E-state index < -0.39 is 0 Å². The molecule has 1 saturated carbocycles. The topological polar surface area (TPSA) is 92.1 Å². The Hall–Kier alpha value is -2.87. The Labute approximate surface area is 167 Å². The van der Waals surface area contributed by atoms with Crippen molar-refractivity contribution in [2.75, 3.05) is 10.6 Å². The minimum absolute atomic E-state index is 0.158. The summed E-state index contributed by atoms with van der Waals surface area (Å²) in [6.45, 7) is 3.67. The minimum atomic E-state index is -0.251. The number of phenolic OH excluding ortho intramolecular Hbond substituents is 1. The molecule has 4 rings (SSSR count). The van der Waals surface area contributed by atoms with Crippen molar-refractivity contribution in [2.24, 2.45) is 0 Å². The van der Waals surface area contributed by atoms with E-state index in [2.05, 4.69) is 20.7 Å². The number of carbonyl (C=O) groups is 1. The number of aromatic hydroxyl groups is 1. The van der Waals surface area contributed by atoms with E-state index in [1.54, 1.807) is 25.3 Å². The minimum Gasteiger partial charge on any atom is -0.508 e. The molecule has 0 radical (unpaired) electrons. The molecule has 0 saturated heterocycles. The molecule has 1 aromatic carbocycles. The lowest BCUT2D eigenvalue weighted by Gasteiger charge is -2.11. The summed E-state index contributed by atoms with van der Waals surface area (Å²) < 4.78 is 2.02. The molecule has 0 spiro atoms. The highest BCUT2D eigenvalue weighted by molar-refractivity contribution is 7.17. The monoisotopic (exact) mass is 397 g/mol. The highest BCUT2D eigenvalue weighted by atomic mass is 32.1. The molecule has 7 nitrogen and oxygen atoms in total. The van der Waals surface area contributed by atoms with Gasteiger partial charge in [0.25, 0.3) is 5.91 Å². The molecule has 2 aromatic heterocycles. The van der Waals surface area contributed by atoms with E-state index >= 15 is 0 Å². The van der Waals surface area contributed by atoms with Crippen molar-refractivity contribution >= 4 is 33.9 Å². The number of hydrogen-bond acceptors (Lipinski definition) is 6. The Morgan fingerprint density at radius 3 is 2.82 bits per heavy atom. The van der Waals surface area contributed by atoms with E-state index in [0.717, 1.165) is 11.4 Å². The van der Waals surface area contributed by atoms with Crippen molar-refractivity contribution in [1.29, 1.82) is 0 Å². The number of carbonyl (C=O) groups excluding carboxylic acids is 1. The first kappa shape index (κ1) is 18.5. The summed E-state index contributed by atoms with van der Waals surface area (Å²) in [5, 5.41) is 21.1. The van der Waals surface area contributed by atoms with Gasteiger partial charge in [-0.15, -0.1) is 0 Å². The average molecular weight is 398 g/mol. The molecular formula is C20H23N5O2S. The van der Waals surface area contributed by atoms with E-state index in [-0.39, 0.29) is 11.7 Å². The molecular weight excluding hydrogens is 374 g/mol. The van der Waals surface area contributed by atoms with Gasteiger partial charge in [0.15, 0.2) is 10.9 Å². The lowest BCUT2D eigenvalue weighted by molar-refractivity contribution is 0.103. The number of thiazole rings is 1. The van der Waals surface area contributed by atoms with Crippen LogP contribution in [0.15, 0.2) is 30.6 Å². The summed E-state index contributed by atoms with van der Waals surface area (Å²) in [5.41, 5.74) is 2.17. The van der Waals surface area contributed by atoms with Gasteiger partial charge in [-0.05, 0) is 38.3 Å². The van der Waals surface area contributed by atoms with Gasteiger partial charge < -0.3 is 15.7 Å². The second-order valence-electron chi connectivity index (χ2n) is 7.13. The molecule has 0 unspecified atom stereocenters. The van der Waals surface area contributed by atoms with Crippen LogP contribution in [0.2, 0.25) is 0 Å². The van der Waals surface area contributed by atoms with E-state index in [1.165, 1.54) is 37.0 Å². The molecule has 1 aliphatic rings. The number of benzene rings is 1. The molecule has 0 atom stereocenters. The fourth-order valence-electron chi connectivity index (χ4n) is 3.53. The van der Waals surface area contributed by atoms with Crippen LogP contribution < -0.4 is 10.6 Å². The van der Waals surface area contributed by atoms with Gasteiger partial charge in [-0.2, -0.15) is 5.10 Å². The van der Waals surface area contributed by atoms with Crippen LogP contribution in [0.1, 0.15) is 52.5 Å². The van der Waals surface area contributed by atoms with Crippen LogP contribution >= 0.6 is 11.3 Å². The lowest BCUT2D eigenvalue weighted by atomic mass is 10.1. The molecule has 3 N–H and O–H groups in total. The summed E-state index contributed by atoms with van der Waals surface area (Å²) in [6, 6.07) is 5.82. The van der Waals surface area contributed by atoms with Crippen LogP contribution in [-0.4, -0.2) is 25.8 Å². The summed E-state index contributed by atoms with van der Waals surface area (Å²) in [7, 11) is 0. The zero-order chi connectivity index (χ0) is 19.7. The molecule has 0 aliphatic heterocycles. The normalized spacial score (nSPS) is 14.4. The third-order valence-corrected chi connectivity index (χ3v) is 6.07. The average Bonchev–Trinajstić information content (AvgIpc) is 3.43. The molecule has 1 fully saturated rings. The van der Waals surface area contributed by atoms with Gasteiger partial charge in [-0.1, -0.05) is 30.2 Å². The van der Waals surface area contributed by atoms with Crippen molar-refractivity contribution in [3.63, 3.8) is 0 Å². The Morgan fingerprint density at radius 2 is 2.04 bits per heavy atom. The number of aromatic nitrogens is 3.